The van der Waals surface area contributed by atoms with Crippen LogP contribution >= 0.6 is 0 Å². The molecule has 0 bridgehead atoms. The summed E-state index contributed by atoms with van der Waals surface area (Å²) in [6.07, 6.45) is 1.19. The van der Waals surface area contributed by atoms with Gasteiger partial charge in [0.2, 0.25) is 0 Å². The summed E-state index contributed by atoms with van der Waals surface area (Å²) in [5, 5.41) is 0. The number of hydrogen-bond donors (Lipinski definition) is 1. The molecule has 18 heavy (non-hydrogen) atoms. The smallest absolute Gasteiger partial charge is 0.298 e. The van der Waals surface area contributed by atoms with E-state index in [1.807, 2.05) is 18.2 Å². The van der Waals surface area contributed by atoms with E-state index in [1.54, 1.807) is 0 Å². The molecule has 2 heterocycles. The molecule has 2 aromatic rings. The van der Waals surface area contributed by atoms with Crippen LogP contribution in [-0.2, 0) is 4.74 Å². The molecule has 1 aromatic heterocycles. The van der Waals surface area contributed by atoms with E-state index in [2.05, 4.69) is 16.8 Å². The second-order valence-electron chi connectivity index (χ2n) is 4.70. The van der Waals surface area contributed by atoms with Crippen LogP contribution in [0.5, 0.6) is 0 Å². The topological polar surface area (TPSA) is 64.5 Å². The summed E-state index contributed by atoms with van der Waals surface area (Å²) in [5.74, 6) is 0. The summed E-state index contributed by atoms with van der Waals surface area (Å²) < 4.78 is 11.4. The van der Waals surface area contributed by atoms with Crippen molar-refractivity contribution in [3.8, 4) is 0 Å². The van der Waals surface area contributed by atoms with Gasteiger partial charge < -0.3 is 19.8 Å². The number of nitrogens with zero attached hydrogens (tertiary/aromatic N) is 2. The fourth-order valence-corrected chi connectivity index (χ4v) is 2.24. The van der Waals surface area contributed by atoms with E-state index < -0.39 is 0 Å². The van der Waals surface area contributed by atoms with Gasteiger partial charge in [0.15, 0.2) is 5.58 Å². The number of oxazole rings is 1. The third-order valence-electron chi connectivity index (χ3n) is 3.12. The Morgan fingerprint density at radius 1 is 1.44 bits per heavy atom. The number of anilines is 2. The molecule has 1 aromatic carbocycles. The van der Waals surface area contributed by atoms with Gasteiger partial charge in [-0.1, -0.05) is 0 Å². The van der Waals surface area contributed by atoms with Crippen molar-refractivity contribution >= 4 is 22.8 Å². The summed E-state index contributed by atoms with van der Waals surface area (Å²) in [6, 6.07) is 6.18. The fourth-order valence-electron chi connectivity index (χ4n) is 2.24. The van der Waals surface area contributed by atoms with Crippen molar-refractivity contribution in [3.05, 3.63) is 18.2 Å². The lowest BCUT2D eigenvalue weighted by atomic mass is 10.3. The average molecular weight is 247 g/mol. The maximum Gasteiger partial charge on any atom is 0.298 e. The highest BCUT2D eigenvalue weighted by molar-refractivity contribution is 5.78. The molecule has 0 radical (unpaired) electrons. The molecular weight excluding hydrogens is 230 g/mol. The summed E-state index contributed by atoms with van der Waals surface area (Å²) >= 11 is 0. The van der Waals surface area contributed by atoms with Crippen LogP contribution in [0, 0.1) is 0 Å². The van der Waals surface area contributed by atoms with Crippen LogP contribution in [0.25, 0.3) is 11.1 Å². The van der Waals surface area contributed by atoms with E-state index in [-0.39, 0.29) is 6.10 Å². The Morgan fingerprint density at radius 2 is 2.33 bits per heavy atom. The minimum atomic E-state index is 0.201. The summed E-state index contributed by atoms with van der Waals surface area (Å²) in [4.78, 5) is 6.63. The minimum absolute atomic E-state index is 0.201. The van der Waals surface area contributed by atoms with Gasteiger partial charge in [-0.05, 0) is 31.5 Å². The predicted octanol–water partition coefficient (Wildman–Crippen LogP) is 2.03. The van der Waals surface area contributed by atoms with Gasteiger partial charge in [0, 0.05) is 25.4 Å². The van der Waals surface area contributed by atoms with E-state index in [1.165, 1.54) is 0 Å². The van der Waals surface area contributed by atoms with E-state index in [4.69, 9.17) is 14.9 Å². The van der Waals surface area contributed by atoms with Crippen molar-refractivity contribution in [2.24, 2.45) is 0 Å². The van der Waals surface area contributed by atoms with Crippen molar-refractivity contribution in [2.75, 3.05) is 30.3 Å². The van der Waals surface area contributed by atoms with E-state index >= 15 is 0 Å². The summed E-state index contributed by atoms with van der Waals surface area (Å²) in [7, 11) is 0. The Bertz CT molecular complexity index is 552. The Morgan fingerprint density at radius 3 is 3.22 bits per heavy atom. The van der Waals surface area contributed by atoms with Crippen molar-refractivity contribution in [3.63, 3.8) is 0 Å². The quantitative estimate of drug-likeness (QED) is 0.781. The Hall–Kier alpha value is -1.75. The zero-order chi connectivity index (χ0) is 12.5. The van der Waals surface area contributed by atoms with E-state index in [0.29, 0.717) is 11.7 Å². The maximum atomic E-state index is 5.77. The van der Waals surface area contributed by atoms with Gasteiger partial charge in [0.25, 0.3) is 6.01 Å². The molecular formula is C13H17N3O2. The maximum absolute atomic E-state index is 5.77. The average Bonchev–Trinajstić information content (AvgIpc) is 2.63. The first-order chi connectivity index (χ1) is 8.72. The lowest BCUT2D eigenvalue weighted by Crippen LogP contribution is -2.30. The molecule has 1 aliphatic rings. The molecule has 1 saturated heterocycles. The number of nitrogen functional groups attached to an aromatic ring is 1. The largest absolute Gasteiger partial charge is 0.423 e. The monoisotopic (exact) mass is 247 g/mol. The van der Waals surface area contributed by atoms with Crippen molar-refractivity contribution in [2.45, 2.75) is 19.4 Å². The van der Waals surface area contributed by atoms with Crippen LogP contribution < -0.4 is 10.6 Å². The van der Waals surface area contributed by atoms with Gasteiger partial charge in [-0.25, -0.2) is 0 Å². The molecule has 1 unspecified atom stereocenters. The standard InChI is InChI=1S/C13H17N3O2/c1-9-8-16(5-2-6-17-9)13-15-11-7-10(14)3-4-12(11)18-13/h3-4,7,9H,2,5-6,8,14H2,1H3. The highest BCUT2D eigenvalue weighted by atomic mass is 16.5. The first-order valence-electron chi connectivity index (χ1n) is 6.25. The van der Waals surface area contributed by atoms with Crippen molar-refractivity contribution in [1.29, 1.82) is 0 Å². The third kappa shape index (κ3) is 2.13. The van der Waals surface area contributed by atoms with Crippen LogP contribution in [0.3, 0.4) is 0 Å². The number of hydrogen-bond acceptors (Lipinski definition) is 5. The lowest BCUT2D eigenvalue weighted by molar-refractivity contribution is 0.0818. The first kappa shape index (κ1) is 11.3. The van der Waals surface area contributed by atoms with Crippen molar-refractivity contribution in [1.82, 2.24) is 4.98 Å². The summed E-state index contributed by atoms with van der Waals surface area (Å²) in [6.45, 7) is 4.58. The minimum Gasteiger partial charge on any atom is -0.423 e. The second-order valence-corrected chi connectivity index (χ2v) is 4.70. The molecule has 0 spiro atoms. The molecule has 96 valence electrons. The van der Waals surface area contributed by atoms with Crippen LogP contribution in [0.2, 0.25) is 0 Å². The number of ether oxygens (including phenoxy) is 1. The van der Waals surface area contributed by atoms with Crippen LogP contribution in [0.1, 0.15) is 13.3 Å². The molecule has 5 heteroatoms. The zero-order valence-corrected chi connectivity index (χ0v) is 10.4. The zero-order valence-electron chi connectivity index (χ0n) is 10.4. The highest BCUT2D eigenvalue weighted by Gasteiger charge is 2.19. The van der Waals surface area contributed by atoms with Gasteiger partial charge in [-0.3, -0.25) is 0 Å². The first-order valence-corrected chi connectivity index (χ1v) is 6.25. The number of rotatable bonds is 1. The third-order valence-corrected chi connectivity index (χ3v) is 3.12. The molecule has 1 aliphatic heterocycles. The normalized spacial score (nSPS) is 21.2. The van der Waals surface area contributed by atoms with Gasteiger partial charge in [-0.2, -0.15) is 4.98 Å². The SMILES string of the molecule is CC1CN(c2nc3cc(N)ccc3o2)CCCO1. The predicted molar refractivity (Wildman–Crippen MR) is 70.7 cm³/mol. The molecule has 1 fully saturated rings. The Labute approximate surface area is 106 Å². The summed E-state index contributed by atoms with van der Waals surface area (Å²) in [5.41, 5.74) is 8.03. The number of nitrogens with two attached hydrogens (primary N) is 1. The number of fused-ring (bicyclic) bond motifs is 1. The highest BCUT2D eigenvalue weighted by Crippen LogP contribution is 2.24. The lowest BCUT2D eigenvalue weighted by Gasteiger charge is -2.19. The van der Waals surface area contributed by atoms with Gasteiger partial charge >= 0.3 is 0 Å². The second kappa shape index (κ2) is 4.49. The molecule has 2 N–H and O–H groups in total. The van der Waals surface area contributed by atoms with E-state index in [9.17, 15) is 0 Å². The van der Waals surface area contributed by atoms with Crippen molar-refractivity contribution < 1.29 is 9.15 Å². The van der Waals surface area contributed by atoms with Gasteiger partial charge in [-0.15, -0.1) is 0 Å². The Balaban J connectivity index is 1.93. The number of benzene rings is 1. The van der Waals surface area contributed by atoms with E-state index in [0.717, 1.165) is 37.2 Å². The van der Waals surface area contributed by atoms with Crippen LogP contribution in [0.4, 0.5) is 11.7 Å². The molecule has 5 nitrogen and oxygen atoms in total. The molecule has 1 atom stereocenters. The molecule has 0 amide bonds. The van der Waals surface area contributed by atoms with Gasteiger partial charge in [0.1, 0.15) is 5.52 Å². The Kier molecular flexibility index (Phi) is 2.83. The molecule has 0 aliphatic carbocycles. The van der Waals surface area contributed by atoms with Gasteiger partial charge in [0.05, 0.1) is 6.10 Å². The molecule has 0 saturated carbocycles. The molecule has 3 rings (SSSR count). The number of aromatic nitrogens is 1. The van der Waals surface area contributed by atoms with Crippen LogP contribution in [0.15, 0.2) is 22.6 Å². The fraction of sp³-hybridized carbons (Fsp3) is 0.462. The van der Waals surface area contributed by atoms with Crippen LogP contribution in [-0.4, -0.2) is 30.8 Å².